The highest BCUT2D eigenvalue weighted by Crippen LogP contribution is 2.41. The molecule has 1 aliphatic carbocycles. The number of hydrogen-bond acceptors (Lipinski definition) is 4. The van der Waals surface area contributed by atoms with E-state index in [1.165, 1.54) is 10.9 Å². The van der Waals surface area contributed by atoms with E-state index >= 15 is 0 Å². The molecular formula is C17H20N4O3. The van der Waals surface area contributed by atoms with Crippen LogP contribution in [0.4, 0.5) is 0 Å². The molecule has 1 aliphatic rings. The van der Waals surface area contributed by atoms with Gasteiger partial charge in [-0.2, -0.15) is 0 Å². The van der Waals surface area contributed by atoms with Gasteiger partial charge in [0.1, 0.15) is 12.2 Å². The van der Waals surface area contributed by atoms with Gasteiger partial charge >= 0.3 is 5.97 Å². The third-order valence-corrected chi connectivity index (χ3v) is 4.53. The monoisotopic (exact) mass is 328 g/mol. The van der Waals surface area contributed by atoms with E-state index in [0.717, 1.165) is 31.2 Å². The van der Waals surface area contributed by atoms with Crippen LogP contribution in [0.1, 0.15) is 36.9 Å². The van der Waals surface area contributed by atoms with Crippen LogP contribution < -0.4 is 5.32 Å². The molecule has 0 saturated heterocycles. The minimum Gasteiger partial charge on any atom is -0.480 e. The molecule has 1 aromatic carbocycles. The molecule has 1 amide bonds. The molecule has 0 aliphatic heterocycles. The maximum Gasteiger partial charge on any atom is 0.325 e. The molecule has 0 radical (unpaired) electrons. The van der Waals surface area contributed by atoms with Crippen LogP contribution in [0.5, 0.6) is 0 Å². The molecule has 1 saturated carbocycles. The van der Waals surface area contributed by atoms with Crippen LogP contribution >= 0.6 is 0 Å². The van der Waals surface area contributed by atoms with Gasteiger partial charge in [-0.25, -0.2) is 4.68 Å². The standard InChI is InChI=1S/C17H20N4O3/c22-15(23)12-21-11-14(19-20-21)10-18-16(24)17(8-4-5-9-17)13-6-2-1-3-7-13/h1-3,6-7,11H,4-5,8-10,12H2,(H,18,24)(H,22,23). The Morgan fingerprint density at radius 2 is 1.92 bits per heavy atom. The van der Waals surface area contributed by atoms with Crippen LogP contribution in [0.3, 0.4) is 0 Å². The van der Waals surface area contributed by atoms with Crippen molar-refractivity contribution in [2.75, 3.05) is 0 Å². The molecular weight excluding hydrogens is 308 g/mol. The largest absolute Gasteiger partial charge is 0.480 e. The molecule has 1 heterocycles. The number of aliphatic carboxylic acids is 1. The van der Waals surface area contributed by atoms with Gasteiger partial charge in [0.15, 0.2) is 0 Å². The summed E-state index contributed by atoms with van der Waals surface area (Å²) in [6.07, 6.45) is 5.30. The highest BCUT2D eigenvalue weighted by atomic mass is 16.4. The average Bonchev–Trinajstić information content (AvgIpc) is 3.23. The van der Waals surface area contributed by atoms with Gasteiger partial charge in [-0.15, -0.1) is 5.10 Å². The Bertz CT molecular complexity index is 720. The van der Waals surface area contributed by atoms with Crippen molar-refractivity contribution in [3.8, 4) is 0 Å². The predicted octanol–water partition coefficient (Wildman–Crippen LogP) is 1.49. The third-order valence-electron chi connectivity index (χ3n) is 4.53. The lowest BCUT2D eigenvalue weighted by molar-refractivity contribution is -0.138. The molecule has 1 fully saturated rings. The quantitative estimate of drug-likeness (QED) is 0.837. The van der Waals surface area contributed by atoms with Gasteiger partial charge in [0, 0.05) is 0 Å². The molecule has 7 nitrogen and oxygen atoms in total. The van der Waals surface area contributed by atoms with E-state index in [0.29, 0.717) is 5.69 Å². The molecule has 2 N–H and O–H groups in total. The van der Waals surface area contributed by atoms with Gasteiger partial charge in [-0.3, -0.25) is 9.59 Å². The summed E-state index contributed by atoms with van der Waals surface area (Å²) >= 11 is 0. The van der Waals surface area contributed by atoms with Crippen LogP contribution in [0, 0.1) is 0 Å². The van der Waals surface area contributed by atoms with Crippen LogP contribution in [0.25, 0.3) is 0 Å². The average molecular weight is 328 g/mol. The van der Waals surface area contributed by atoms with Crippen molar-refractivity contribution < 1.29 is 14.7 Å². The molecule has 0 atom stereocenters. The summed E-state index contributed by atoms with van der Waals surface area (Å²) in [7, 11) is 0. The summed E-state index contributed by atoms with van der Waals surface area (Å²) in [5, 5.41) is 19.3. The van der Waals surface area contributed by atoms with Crippen molar-refractivity contribution >= 4 is 11.9 Å². The molecule has 7 heteroatoms. The van der Waals surface area contributed by atoms with E-state index in [-0.39, 0.29) is 19.0 Å². The van der Waals surface area contributed by atoms with Crippen LogP contribution in [-0.2, 0) is 28.1 Å². The zero-order valence-electron chi connectivity index (χ0n) is 13.3. The SMILES string of the molecule is O=C(O)Cn1cc(CNC(=O)C2(c3ccccc3)CCCC2)nn1. The fraction of sp³-hybridized carbons (Fsp3) is 0.412. The van der Waals surface area contributed by atoms with E-state index in [4.69, 9.17) is 5.11 Å². The Morgan fingerprint density at radius 3 is 2.58 bits per heavy atom. The number of hydrogen-bond donors (Lipinski definition) is 2. The Balaban J connectivity index is 1.69. The van der Waals surface area contributed by atoms with Crippen LogP contribution in [0.2, 0.25) is 0 Å². The summed E-state index contributed by atoms with van der Waals surface area (Å²) in [5.74, 6) is -0.983. The number of amides is 1. The number of aromatic nitrogens is 3. The van der Waals surface area contributed by atoms with Crippen molar-refractivity contribution in [3.05, 3.63) is 47.8 Å². The Hall–Kier alpha value is -2.70. The first-order valence-electron chi connectivity index (χ1n) is 8.05. The van der Waals surface area contributed by atoms with Crippen molar-refractivity contribution in [1.82, 2.24) is 20.3 Å². The normalized spacial score (nSPS) is 16.0. The summed E-state index contributed by atoms with van der Waals surface area (Å²) in [6.45, 7) is 0.00192. The minimum absolute atomic E-state index is 0.000940. The molecule has 3 rings (SSSR count). The second kappa shape index (κ2) is 6.82. The molecule has 0 spiro atoms. The van der Waals surface area contributed by atoms with Gasteiger partial charge in [0.05, 0.1) is 18.2 Å². The number of benzene rings is 1. The summed E-state index contributed by atoms with van der Waals surface area (Å²) in [6, 6.07) is 9.88. The second-order valence-electron chi connectivity index (χ2n) is 6.14. The molecule has 1 aromatic heterocycles. The van der Waals surface area contributed by atoms with Crippen molar-refractivity contribution in [2.45, 2.75) is 44.2 Å². The van der Waals surface area contributed by atoms with Gasteiger partial charge < -0.3 is 10.4 Å². The van der Waals surface area contributed by atoms with E-state index in [2.05, 4.69) is 15.6 Å². The van der Waals surface area contributed by atoms with Gasteiger partial charge in [0.2, 0.25) is 5.91 Å². The summed E-state index contributed by atoms with van der Waals surface area (Å²) in [5.41, 5.74) is 1.12. The topological polar surface area (TPSA) is 97.1 Å². The van der Waals surface area contributed by atoms with Crippen LogP contribution in [0.15, 0.2) is 36.5 Å². The second-order valence-corrected chi connectivity index (χ2v) is 6.14. The lowest BCUT2D eigenvalue weighted by Gasteiger charge is -2.28. The van der Waals surface area contributed by atoms with Crippen molar-refractivity contribution in [2.24, 2.45) is 0 Å². The maximum atomic E-state index is 12.9. The van der Waals surface area contributed by atoms with Crippen molar-refractivity contribution in [3.63, 3.8) is 0 Å². The first-order valence-corrected chi connectivity index (χ1v) is 8.05. The fourth-order valence-electron chi connectivity index (χ4n) is 3.36. The number of rotatable bonds is 6. The summed E-state index contributed by atoms with van der Waals surface area (Å²) in [4.78, 5) is 23.5. The number of nitrogens with zero attached hydrogens (tertiary/aromatic N) is 3. The lowest BCUT2D eigenvalue weighted by Crippen LogP contribution is -2.42. The molecule has 24 heavy (non-hydrogen) atoms. The van der Waals surface area contributed by atoms with E-state index in [1.54, 1.807) is 0 Å². The van der Waals surface area contributed by atoms with Gasteiger partial charge in [-0.1, -0.05) is 48.4 Å². The highest BCUT2D eigenvalue weighted by molar-refractivity contribution is 5.88. The molecule has 0 bridgehead atoms. The smallest absolute Gasteiger partial charge is 0.325 e. The minimum atomic E-state index is -0.982. The zero-order valence-corrected chi connectivity index (χ0v) is 13.3. The molecule has 2 aromatic rings. The highest BCUT2D eigenvalue weighted by Gasteiger charge is 2.42. The first kappa shape index (κ1) is 16.2. The molecule has 126 valence electrons. The Labute approximate surface area is 139 Å². The van der Waals surface area contributed by atoms with E-state index < -0.39 is 11.4 Å². The predicted molar refractivity (Wildman–Crippen MR) is 86.1 cm³/mol. The van der Waals surface area contributed by atoms with Gasteiger partial charge in [-0.05, 0) is 18.4 Å². The molecule has 0 unspecified atom stereocenters. The number of carbonyl (C=O) groups excluding carboxylic acids is 1. The maximum absolute atomic E-state index is 12.9. The Morgan fingerprint density at radius 1 is 1.21 bits per heavy atom. The van der Waals surface area contributed by atoms with E-state index in [1.807, 2.05) is 30.3 Å². The zero-order chi connectivity index (χ0) is 17.0. The number of carboxylic acids is 1. The number of carbonyl (C=O) groups is 2. The van der Waals surface area contributed by atoms with E-state index in [9.17, 15) is 9.59 Å². The lowest BCUT2D eigenvalue weighted by atomic mass is 9.78. The third kappa shape index (κ3) is 3.29. The first-order chi connectivity index (χ1) is 11.6. The number of nitrogens with one attached hydrogen (secondary N) is 1. The summed E-state index contributed by atoms with van der Waals surface area (Å²) < 4.78 is 1.24. The van der Waals surface area contributed by atoms with Crippen molar-refractivity contribution in [1.29, 1.82) is 0 Å². The number of carboxylic acid groups (broad SMARTS) is 1. The van der Waals surface area contributed by atoms with Gasteiger partial charge in [0.25, 0.3) is 0 Å². The van der Waals surface area contributed by atoms with Crippen LogP contribution in [-0.4, -0.2) is 32.0 Å². The Kier molecular flexibility index (Phi) is 4.59. The fourth-order valence-corrected chi connectivity index (χ4v) is 3.36.